The van der Waals surface area contributed by atoms with Crippen LogP contribution in [0.15, 0.2) is 199 Å². The van der Waals surface area contributed by atoms with Crippen molar-refractivity contribution in [3.05, 3.63) is 222 Å². The number of fused-ring (bicyclic) bond motifs is 4. The molecule has 2 nitrogen and oxygen atoms in total. The molecule has 8 aromatic carbocycles. The molecule has 1 aliphatic carbocycles. The van der Waals surface area contributed by atoms with Gasteiger partial charge in [-0.2, -0.15) is 0 Å². The Morgan fingerprint density at radius 1 is 0.418 bits per heavy atom. The minimum Gasteiger partial charge on any atom is -0.360 e. The fourth-order valence-corrected chi connectivity index (χ4v) is 8.63. The molecule has 1 aliphatic heterocycles. The van der Waals surface area contributed by atoms with E-state index in [0.29, 0.717) is 0 Å². The van der Waals surface area contributed by atoms with Gasteiger partial charge in [0.1, 0.15) is 6.17 Å². The van der Waals surface area contributed by atoms with Gasteiger partial charge in [-0.15, -0.1) is 0 Å². The number of benzene rings is 8. The molecule has 10 rings (SSSR count). The van der Waals surface area contributed by atoms with Crippen LogP contribution in [0, 0.1) is 0 Å². The van der Waals surface area contributed by atoms with Crippen LogP contribution in [0.1, 0.15) is 47.8 Å². The largest absolute Gasteiger partial charge is 0.360 e. The van der Waals surface area contributed by atoms with Gasteiger partial charge in [0.25, 0.3) is 0 Å². The van der Waals surface area contributed by atoms with Crippen LogP contribution in [0.5, 0.6) is 0 Å². The first-order chi connectivity index (χ1) is 27.0. The Labute approximate surface area is 323 Å². The van der Waals surface area contributed by atoms with Gasteiger partial charge in [-0.25, -0.2) is 0 Å². The third-order valence-electron chi connectivity index (χ3n) is 11.6. The molecular formula is C53H40N2. The van der Waals surface area contributed by atoms with Gasteiger partial charge in [0.2, 0.25) is 0 Å². The van der Waals surface area contributed by atoms with Crippen molar-refractivity contribution in [2.45, 2.75) is 25.4 Å². The van der Waals surface area contributed by atoms with Crippen LogP contribution in [0.3, 0.4) is 0 Å². The van der Waals surface area contributed by atoms with Gasteiger partial charge in [0.05, 0.1) is 5.71 Å². The summed E-state index contributed by atoms with van der Waals surface area (Å²) in [5.41, 5.74) is 18.3. The van der Waals surface area contributed by atoms with Gasteiger partial charge in [-0.3, -0.25) is 4.99 Å². The fraction of sp³-hybridized carbons (Fsp3) is 0.0755. The third-order valence-corrected chi connectivity index (χ3v) is 11.6. The van der Waals surface area contributed by atoms with E-state index in [1.807, 2.05) is 6.07 Å². The quantitative estimate of drug-likeness (QED) is 0.183. The van der Waals surface area contributed by atoms with Gasteiger partial charge in [0.15, 0.2) is 0 Å². The van der Waals surface area contributed by atoms with E-state index < -0.39 is 0 Å². The summed E-state index contributed by atoms with van der Waals surface area (Å²) in [4.78, 5) is 5.18. The van der Waals surface area contributed by atoms with Crippen molar-refractivity contribution >= 4 is 22.2 Å². The van der Waals surface area contributed by atoms with E-state index in [1.165, 1.54) is 66.4 Å². The Morgan fingerprint density at radius 2 is 0.945 bits per heavy atom. The Hall–Kier alpha value is -6.77. The first-order valence-electron chi connectivity index (χ1n) is 19.2. The highest BCUT2D eigenvalue weighted by Gasteiger charge is 2.35. The Bertz CT molecular complexity index is 2770. The molecule has 0 fully saturated rings. The van der Waals surface area contributed by atoms with Crippen LogP contribution < -0.4 is 5.32 Å². The molecule has 0 radical (unpaired) electrons. The maximum absolute atomic E-state index is 5.18. The molecule has 1 heterocycles. The molecule has 1 N–H and O–H groups in total. The summed E-state index contributed by atoms with van der Waals surface area (Å²) in [5.74, 6) is 0. The van der Waals surface area contributed by atoms with Crippen LogP contribution in [-0.4, -0.2) is 5.71 Å². The number of allylic oxidation sites excluding steroid dienone is 1. The summed E-state index contributed by atoms with van der Waals surface area (Å²) in [6, 6.07) is 68.1. The lowest BCUT2D eigenvalue weighted by atomic mass is 9.81. The van der Waals surface area contributed by atoms with Crippen LogP contribution in [0.4, 0.5) is 0 Å². The lowest BCUT2D eigenvalue weighted by Crippen LogP contribution is -2.24. The molecule has 55 heavy (non-hydrogen) atoms. The Balaban J connectivity index is 0.957. The van der Waals surface area contributed by atoms with Crippen LogP contribution in [0.25, 0.3) is 61.0 Å². The van der Waals surface area contributed by atoms with Crippen molar-refractivity contribution in [3.8, 4) is 44.5 Å². The zero-order valence-corrected chi connectivity index (χ0v) is 31.0. The Kier molecular flexibility index (Phi) is 7.92. The molecule has 0 saturated carbocycles. The summed E-state index contributed by atoms with van der Waals surface area (Å²) < 4.78 is 0. The third kappa shape index (κ3) is 5.79. The van der Waals surface area contributed by atoms with Gasteiger partial charge in [-0.1, -0.05) is 196 Å². The topological polar surface area (TPSA) is 24.4 Å². The molecule has 2 aliphatic rings. The zero-order chi connectivity index (χ0) is 36.9. The molecule has 1 unspecified atom stereocenters. The molecule has 0 aromatic heterocycles. The number of aliphatic imine (C=N–C) groups is 1. The number of hydrogen-bond acceptors (Lipinski definition) is 2. The van der Waals surface area contributed by atoms with E-state index in [1.54, 1.807) is 0 Å². The van der Waals surface area contributed by atoms with Crippen molar-refractivity contribution < 1.29 is 0 Å². The number of nitrogens with zero attached hydrogens (tertiary/aromatic N) is 1. The first kappa shape index (κ1) is 32.8. The molecular weight excluding hydrogens is 665 g/mol. The fourth-order valence-electron chi connectivity index (χ4n) is 8.63. The van der Waals surface area contributed by atoms with Crippen molar-refractivity contribution in [2.75, 3.05) is 0 Å². The molecule has 2 heteroatoms. The van der Waals surface area contributed by atoms with E-state index in [9.17, 15) is 0 Å². The highest BCUT2D eigenvalue weighted by Crippen LogP contribution is 2.49. The van der Waals surface area contributed by atoms with Gasteiger partial charge < -0.3 is 5.32 Å². The second kappa shape index (κ2) is 13.3. The standard InChI is InChI=1S/C53H40N2/c1-53(2)48-22-10-9-17-46(48)47-32-31-41(33-49(47)53)35-23-25-36(26-24-35)42-18-11-21-45-43(19-12-20-44(42)45)37-27-29-39(30-28-37)51-34-50(38-13-5-3-6-14-38)54-52(55-51)40-15-7-4-8-16-40/h3-34,52,54H,1-2H3. The smallest absolute Gasteiger partial charge is 0.145 e. The summed E-state index contributed by atoms with van der Waals surface area (Å²) >= 11 is 0. The van der Waals surface area contributed by atoms with Crippen molar-refractivity contribution in [3.63, 3.8) is 0 Å². The van der Waals surface area contributed by atoms with E-state index in [2.05, 4.69) is 207 Å². The number of nitrogens with one attached hydrogen (secondary N) is 1. The summed E-state index contributed by atoms with van der Waals surface area (Å²) in [6.07, 6.45) is 2.00. The number of rotatable bonds is 6. The maximum atomic E-state index is 5.18. The summed E-state index contributed by atoms with van der Waals surface area (Å²) in [5, 5.41) is 6.15. The Morgan fingerprint density at radius 3 is 1.62 bits per heavy atom. The summed E-state index contributed by atoms with van der Waals surface area (Å²) in [7, 11) is 0. The predicted octanol–water partition coefficient (Wildman–Crippen LogP) is 13.3. The van der Waals surface area contributed by atoms with Gasteiger partial charge in [-0.05, 0) is 95.2 Å². The molecule has 262 valence electrons. The van der Waals surface area contributed by atoms with Crippen molar-refractivity contribution in [2.24, 2.45) is 4.99 Å². The van der Waals surface area contributed by atoms with Crippen molar-refractivity contribution in [1.29, 1.82) is 0 Å². The van der Waals surface area contributed by atoms with Crippen molar-refractivity contribution in [1.82, 2.24) is 5.32 Å². The minimum atomic E-state index is -0.167. The zero-order valence-electron chi connectivity index (χ0n) is 31.0. The predicted molar refractivity (Wildman–Crippen MR) is 231 cm³/mol. The molecule has 0 spiro atoms. The van der Waals surface area contributed by atoms with Crippen LogP contribution in [-0.2, 0) is 5.41 Å². The second-order valence-corrected chi connectivity index (χ2v) is 15.2. The molecule has 0 saturated heterocycles. The molecule has 0 bridgehead atoms. The SMILES string of the molecule is CC1(C)c2ccccc2-c2ccc(-c3ccc(-c4cccc5c(-c6ccc(C7=NC(c8ccccc8)NC(c8ccccc8)=C7)cc6)cccc45)cc3)cc21. The normalized spacial score (nSPS) is 15.4. The highest BCUT2D eigenvalue weighted by atomic mass is 15.1. The molecule has 8 aromatic rings. The average molecular weight is 705 g/mol. The van der Waals surface area contributed by atoms with Crippen LogP contribution >= 0.6 is 0 Å². The maximum Gasteiger partial charge on any atom is 0.145 e. The highest BCUT2D eigenvalue weighted by molar-refractivity contribution is 6.13. The molecule has 1 atom stereocenters. The average Bonchev–Trinajstić information content (AvgIpc) is 3.49. The minimum absolute atomic E-state index is 0.0151. The van der Waals surface area contributed by atoms with Gasteiger partial charge in [0, 0.05) is 11.1 Å². The number of hydrogen-bond donors (Lipinski definition) is 1. The van der Waals surface area contributed by atoms with Gasteiger partial charge >= 0.3 is 0 Å². The van der Waals surface area contributed by atoms with E-state index in [0.717, 1.165) is 28.1 Å². The second-order valence-electron chi connectivity index (χ2n) is 15.2. The first-order valence-corrected chi connectivity index (χ1v) is 19.2. The van der Waals surface area contributed by atoms with E-state index >= 15 is 0 Å². The van der Waals surface area contributed by atoms with E-state index in [-0.39, 0.29) is 11.6 Å². The lowest BCUT2D eigenvalue weighted by molar-refractivity contribution is 0.660. The summed E-state index contributed by atoms with van der Waals surface area (Å²) in [6.45, 7) is 4.69. The molecule has 0 amide bonds. The lowest BCUT2D eigenvalue weighted by Gasteiger charge is -2.25. The van der Waals surface area contributed by atoms with Crippen LogP contribution in [0.2, 0.25) is 0 Å². The van der Waals surface area contributed by atoms with E-state index in [4.69, 9.17) is 4.99 Å². The monoisotopic (exact) mass is 704 g/mol.